The van der Waals surface area contributed by atoms with E-state index in [1.54, 1.807) is 6.07 Å². The molecule has 1 amide bonds. The predicted octanol–water partition coefficient (Wildman–Crippen LogP) is 1.51. The molecule has 0 radical (unpaired) electrons. The normalized spacial score (nSPS) is 16.4. The van der Waals surface area contributed by atoms with Gasteiger partial charge in [0.05, 0.1) is 11.4 Å². The second-order valence-corrected chi connectivity index (χ2v) is 5.46. The van der Waals surface area contributed by atoms with E-state index in [-0.39, 0.29) is 5.91 Å². The molecule has 1 heterocycles. The van der Waals surface area contributed by atoms with Crippen LogP contribution in [0.15, 0.2) is 12.1 Å². The van der Waals surface area contributed by atoms with Crippen molar-refractivity contribution < 1.29 is 14.3 Å². The Labute approximate surface area is 124 Å². The van der Waals surface area contributed by atoms with Gasteiger partial charge < -0.3 is 25.8 Å². The van der Waals surface area contributed by atoms with E-state index in [9.17, 15) is 4.79 Å². The van der Waals surface area contributed by atoms with Gasteiger partial charge in [-0.25, -0.2) is 0 Å². The molecule has 6 heteroatoms. The van der Waals surface area contributed by atoms with Crippen LogP contribution in [0.2, 0.25) is 0 Å². The summed E-state index contributed by atoms with van der Waals surface area (Å²) in [5.74, 6) is 1.53. The van der Waals surface area contributed by atoms with Gasteiger partial charge in [0, 0.05) is 31.1 Å². The van der Waals surface area contributed by atoms with Crippen LogP contribution in [0.5, 0.6) is 11.5 Å². The summed E-state index contributed by atoms with van der Waals surface area (Å²) in [6, 6.07) is 4.06. The number of nitrogen functional groups attached to an aromatic ring is 1. The van der Waals surface area contributed by atoms with Gasteiger partial charge in [-0.05, 0) is 19.3 Å². The highest BCUT2D eigenvalue weighted by Crippen LogP contribution is 2.36. The molecule has 0 bridgehead atoms. The summed E-state index contributed by atoms with van der Waals surface area (Å²) in [6.07, 6.45) is 3.55. The molecular weight excluding hydrogens is 270 g/mol. The second kappa shape index (κ2) is 6.11. The van der Waals surface area contributed by atoms with E-state index in [4.69, 9.17) is 15.2 Å². The van der Waals surface area contributed by atoms with Gasteiger partial charge in [-0.3, -0.25) is 4.79 Å². The van der Waals surface area contributed by atoms with E-state index in [1.807, 2.05) is 6.07 Å². The maximum Gasteiger partial charge on any atom is 0.220 e. The predicted molar refractivity (Wildman–Crippen MR) is 80.7 cm³/mol. The lowest BCUT2D eigenvalue weighted by molar-refractivity contribution is -0.121. The highest BCUT2D eigenvalue weighted by Gasteiger charge is 2.22. The minimum atomic E-state index is 0.134. The number of hydrogen-bond acceptors (Lipinski definition) is 5. The van der Waals surface area contributed by atoms with Crippen LogP contribution in [0.3, 0.4) is 0 Å². The fraction of sp³-hybridized carbons (Fsp3) is 0.533. The van der Waals surface area contributed by atoms with Crippen molar-refractivity contribution in [1.29, 1.82) is 0 Å². The molecule has 3 rings (SSSR count). The number of nitrogens with two attached hydrogens (primary N) is 1. The molecule has 0 spiro atoms. The molecule has 1 saturated carbocycles. The Bertz CT molecular complexity index is 529. The molecule has 0 atom stereocenters. The molecule has 114 valence electrons. The van der Waals surface area contributed by atoms with Crippen LogP contribution in [-0.2, 0) is 4.79 Å². The van der Waals surface area contributed by atoms with Crippen LogP contribution in [0, 0.1) is 0 Å². The van der Waals surface area contributed by atoms with E-state index in [1.165, 1.54) is 0 Å². The van der Waals surface area contributed by atoms with Gasteiger partial charge in [0.15, 0.2) is 11.5 Å². The number of amides is 1. The van der Waals surface area contributed by atoms with Crippen molar-refractivity contribution in [2.75, 3.05) is 30.8 Å². The maximum absolute atomic E-state index is 11.6. The molecule has 1 aliphatic heterocycles. The Morgan fingerprint density at radius 2 is 1.95 bits per heavy atom. The zero-order valence-electron chi connectivity index (χ0n) is 12.0. The number of rotatable bonds is 6. The molecule has 21 heavy (non-hydrogen) atoms. The van der Waals surface area contributed by atoms with Crippen LogP contribution in [0.4, 0.5) is 11.4 Å². The first-order valence-corrected chi connectivity index (χ1v) is 7.45. The maximum atomic E-state index is 11.6. The number of carbonyl (C=O) groups is 1. The van der Waals surface area contributed by atoms with Crippen molar-refractivity contribution in [3.8, 4) is 11.5 Å². The molecule has 1 fully saturated rings. The fourth-order valence-corrected chi connectivity index (χ4v) is 2.26. The van der Waals surface area contributed by atoms with Crippen molar-refractivity contribution in [2.45, 2.75) is 31.7 Å². The molecule has 1 aromatic rings. The van der Waals surface area contributed by atoms with Crippen LogP contribution in [0.25, 0.3) is 0 Å². The number of hydrogen-bond donors (Lipinski definition) is 3. The van der Waals surface area contributed by atoms with E-state index < -0.39 is 0 Å². The molecule has 6 nitrogen and oxygen atoms in total. The van der Waals surface area contributed by atoms with E-state index in [0.717, 1.165) is 24.9 Å². The Kier molecular flexibility index (Phi) is 4.03. The van der Waals surface area contributed by atoms with Gasteiger partial charge in [-0.1, -0.05) is 0 Å². The topological polar surface area (TPSA) is 85.6 Å². The first kappa shape index (κ1) is 13.9. The lowest BCUT2D eigenvalue weighted by Crippen LogP contribution is -2.25. The van der Waals surface area contributed by atoms with E-state index >= 15 is 0 Å². The average Bonchev–Trinajstić information content (AvgIpc) is 3.27. The van der Waals surface area contributed by atoms with Gasteiger partial charge in [0.2, 0.25) is 5.91 Å². The largest absolute Gasteiger partial charge is 0.486 e. The lowest BCUT2D eigenvalue weighted by Gasteiger charge is -2.20. The molecule has 4 N–H and O–H groups in total. The zero-order valence-corrected chi connectivity index (χ0v) is 12.0. The Hall–Kier alpha value is -2.11. The number of anilines is 2. The molecule has 1 aliphatic carbocycles. The SMILES string of the molecule is Nc1cc2c(cc1NCCCC(=O)NC1CC1)OCCO2. The molecular formula is C15H21N3O3. The third-order valence-electron chi connectivity index (χ3n) is 3.55. The van der Waals surface area contributed by atoms with E-state index in [0.29, 0.717) is 49.4 Å². The summed E-state index contributed by atoms with van der Waals surface area (Å²) in [6.45, 7) is 1.80. The molecule has 1 aromatic carbocycles. The van der Waals surface area contributed by atoms with Crippen molar-refractivity contribution in [2.24, 2.45) is 0 Å². The van der Waals surface area contributed by atoms with Crippen LogP contribution in [-0.4, -0.2) is 31.7 Å². The minimum Gasteiger partial charge on any atom is -0.486 e. The highest BCUT2D eigenvalue weighted by atomic mass is 16.6. The fourth-order valence-electron chi connectivity index (χ4n) is 2.26. The molecule has 0 unspecified atom stereocenters. The monoisotopic (exact) mass is 291 g/mol. The number of carbonyl (C=O) groups excluding carboxylic acids is 1. The Morgan fingerprint density at radius 3 is 2.67 bits per heavy atom. The molecule has 2 aliphatic rings. The zero-order chi connectivity index (χ0) is 14.7. The van der Waals surface area contributed by atoms with Crippen LogP contribution < -0.4 is 25.8 Å². The number of ether oxygens (including phenoxy) is 2. The minimum absolute atomic E-state index is 0.134. The Balaban J connectivity index is 1.47. The number of fused-ring (bicyclic) bond motifs is 1. The van der Waals surface area contributed by atoms with Crippen molar-refractivity contribution in [3.05, 3.63) is 12.1 Å². The molecule has 0 aromatic heterocycles. The smallest absolute Gasteiger partial charge is 0.220 e. The quantitative estimate of drug-likeness (QED) is 0.546. The third kappa shape index (κ3) is 3.71. The average molecular weight is 291 g/mol. The van der Waals surface area contributed by atoms with Crippen LogP contribution in [0.1, 0.15) is 25.7 Å². The summed E-state index contributed by atoms with van der Waals surface area (Å²) in [7, 11) is 0. The highest BCUT2D eigenvalue weighted by molar-refractivity contribution is 5.76. The third-order valence-corrected chi connectivity index (χ3v) is 3.55. The van der Waals surface area contributed by atoms with Gasteiger partial charge in [0.25, 0.3) is 0 Å². The Morgan fingerprint density at radius 1 is 1.24 bits per heavy atom. The van der Waals surface area contributed by atoms with Crippen molar-refractivity contribution >= 4 is 17.3 Å². The summed E-state index contributed by atoms with van der Waals surface area (Å²) >= 11 is 0. The summed E-state index contributed by atoms with van der Waals surface area (Å²) in [4.78, 5) is 11.6. The van der Waals surface area contributed by atoms with Crippen molar-refractivity contribution in [3.63, 3.8) is 0 Å². The summed E-state index contributed by atoms with van der Waals surface area (Å²) < 4.78 is 11.0. The summed E-state index contributed by atoms with van der Waals surface area (Å²) in [5, 5.41) is 6.22. The standard InChI is InChI=1S/C15H21N3O3/c16-11-8-13-14(21-7-6-20-13)9-12(11)17-5-1-2-15(19)18-10-3-4-10/h8-10,17H,1-7,16H2,(H,18,19). The van der Waals surface area contributed by atoms with E-state index in [2.05, 4.69) is 10.6 Å². The number of benzene rings is 1. The van der Waals surface area contributed by atoms with Crippen molar-refractivity contribution in [1.82, 2.24) is 5.32 Å². The van der Waals surface area contributed by atoms with Gasteiger partial charge in [-0.2, -0.15) is 0 Å². The van der Waals surface area contributed by atoms with Crippen LogP contribution >= 0.6 is 0 Å². The number of nitrogens with one attached hydrogen (secondary N) is 2. The second-order valence-electron chi connectivity index (χ2n) is 5.46. The van der Waals surface area contributed by atoms with Gasteiger partial charge >= 0.3 is 0 Å². The van der Waals surface area contributed by atoms with Gasteiger partial charge in [-0.15, -0.1) is 0 Å². The summed E-state index contributed by atoms with van der Waals surface area (Å²) in [5.41, 5.74) is 7.43. The first-order chi connectivity index (χ1) is 10.2. The first-order valence-electron chi connectivity index (χ1n) is 7.45. The lowest BCUT2D eigenvalue weighted by atomic mass is 10.2. The molecule has 0 saturated heterocycles. The van der Waals surface area contributed by atoms with Gasteiger partial charge in [0.1, 0.15) is 13.2 Å².